The van der Waals surface area contributed by atoms with E-state index in [1.807, 2.05) is 0 Å². The zero-order valence-electron chi connectivity index (χ0n) is 14.0. The smallest absolute Gasteiger partial charge is 0.328 e. The molecule has 0 aliphatic rings. The molecule has 2 aromatic rings. The number of aryl methyl sites for hydroxylation is 2. The molecule has 1 aromatic heterocycles. The van der Waals surface area contributed by atoms with Gasteiger partial charge in [0, 0.05) is 20.6 Å². The second-order valence-electron chi connectivity index (χ2n) is 6.09. The predicted octanol–water partition coefficient (Wildman–Crippen LogP) is 0.512. The maximum atomic E-state index is 12.4. The minimum Gasteiger partial charge on any atom is -0.481 e. The average molecular weight is 355 g/mol. The lowest BCUT2D eigenvalue weighted by atomic mass is 9.97. The van der Waals surface area contributed by atoms with E-state index in [1.165, 1.54) is 21.3 Å². The number of aromatic nitrogens is 2. The van der Waals surface area contributed by atoms with Crippen LogP contribution in [-0.4, -0.2) is 35.2 Å². The Morgan fingerprint density at radius 2 is 1.79 bits per heavy atom. The molecule has 0 aliphatic carbocycles. The molecule has 0 bridgehead atoms. The zero-order valence-corrected chi connectivity index (χ0v) is 14.8. The second-order valence-corrected chi connectivity index (χ2v) is 7.86. The highest BCUT2D eigenvalue weighted by molar-refractivity contribution is 7.89. The quantitative estimate of drug-likeness (QED) is 0.784. The minimum absolute atomic E-state index is 0.0101. The van der Waals surface area contributed by atoms with E-state index < -0.39 is 21.9 Å². The summed E-state index contributed by atoms with van der Waals surface area (Å²) in [6.07, 6.45) is 0. The summed E-state index contributed by atoms with van der Waals surface area (Å²) in [6, 6.07) is 4.36. The largest absolute Gasteiger partial charge is 0.481 e. The van der Waals surface area contributed by atoms with Crippen LogP contribution in [0.15, 0.2) is 27.9 Å². The Morgan fingerprint density at radius 1 is 1.21 bits per heavy atom. The maximum Gasteiger partial charge on any atom is 0.328 e. The Morgan fingerprint density at radius 3 is 2.33 bits per heavy atom. The lowest BCUT2D eigenvalue weighted by molar-refractivity contribution is -0.142. The number of imidazole rings is 1. The van der Waals surface area contributed by atoms with Crippen LogP contribution in [0.2, 0.25) is 0 Å². The van der Waals surface area contributed by atoms with Gasteiger partial charge in [-0.1, -0.05) is 13.8 Å². The van der Waals surface area contributed by atoms with E-state index in [4.69, 9.17) is 5.11 Å². The molecular formula is C15H21N3O5S. The molecule has 1 atom stereocenters. The van der Waals surface area contributed by atoms with Crippen LogP contribution in [0.4, 0.5) is 0 Å². The number of hydrogen-bond donors (Lipinski definition) is 2. The summed E-state index contributed by atoms with van der Waals surface area (Å²) < 4.78 is 30.0. The van der Waals surface area contributed by atoms with Crippen LogP contribution >= 0.6 is 0 Å². The Hall–Kier alpha value is -2.13. The topological polar surface area (TPSA) is 110 Å². The number of aliphatic carboxylic acids is 1. The van der Waals surface area contributed by atoms with Crippen LogP contribution in [-0.2, 0) is 28.9 Å². The third-order valence-corrected chi connectivity index (χ3v) is 5.59. The summed E-state index contributed by atoms with van der Waals surface area (Å²) in [5.41, 5.74) is 0.856. The van der Waals surface area contributed by atoms with Crippen molar-refractivity contribution in [3.05, 3.63) is 28.7 Å². The summed E-state index contributed by atoms with van der Waals surface area (Å²) in [5.74, 6) is -2.07. The van der Waals surface area contributed by atoms with Gasteiger partial charge in [0.05, 0.1) is 21.8 Å². The number of hydrogen-bond acceptors (Lipinski definition) is 4. The second kappa shape index (κ2) is 6.40. The summed E-state index contributed by atoms with van der Waals surface area (Å²) in [7, 11) is -0.701. The van der Waals surface area contributed by atoms with Gasteiger partial charge in [-0.05, 0) is 24.1 Å². The van der Waals surface area contributed by atoms with Crippen LogP contribution in [0.1, 0.15) is 13.8 Å². The number of nitrogens with one attached hydrogen (secondary N) is 1. The summed E-state index contributed by atoms with van der Waals surface area (Å²) in [5, 5.41) is 9.15. The lowest BCUT2D eigenvalue weighted by Gasteiger charge is -2.16. The summed E-state index contributed by atoms with van der Waals surface area (Å²) >= 11 is 0. The van der Waals surface area contributed by atoms with Crippen LogP contribution in [0.5, 0.6) is 0 Å². The van der Waals surface area contributed by atoms with Gasteiger partial charge < -0.3 is 5.11 Å². The van der Waals surface area contributed by atoms with E-state index in [9.17, 15) is 18.0 Å². The third kappa shape index (κ3) is 3.22. The molecule has 132 valence electrons. The molecule has 1 unspecified atom stereocenters. The van der Waals surface area contributed by atoms with Gasteiger partial charge in [0.2, 0.25) is 10.0 Å². The van der Waals surface area contributed by atoms with E-state index in [2.05, 4.69) is 4.72 Å². The molecule has 0 fully saturated rings. The van der Waals surface area contributed by atoms with E-state index in [-0.39, 0.29) is 23.0 Å². The molecule has 1 heterocycles. The fourth-order valence-corrected chi connectivity index (χ4v) is 3.62. The van der Waals surface area contributed by atoms with Gasteiger partial charge in [0.1, 0.15) is 0 Å². The van der Waals surface area contributed by atoms with E-state index in [0.29, 0.717) is 11.0 Å². The van der Waals surface area contributed by atoms with Crippen LogP contribution in [0, 0.1) is 11.8 Å². The summed E-state index contributed by atoms with van der Waals surface area (Å²) in [6.45, 7) is 3.25. The fraction of sp³-hybridized carbons (Fsp3) is 0.467. The Kier molecular flexibility index (Phi) is 4.86. The Bertz CT molecular complexity index is 940. The number of fused-ring (bicyclic) bond motifs is 1. The van der Waals surface area contributed by atoms with E-state index >= 15 is 0 Å². The molecule has 0 aliphatic heterocycles. The molecule has 0 saturated carbocycles. The molecule has 0 saturated heterocycles. The number of benzene rings is 1. The molecular weight excluding hydrogens is 334 g/mol. The number of carboxylic acids is 1. The number of sulfonamides is 1. The van der Waals surface area contributed by atoms with Crippen molar-refractivity contribution in [2.45, 2.75) is 18.7 Å². The van der Waals surface area contributed by atoms with Crippen molar-refractivity contribution in [2.75, 3.05) is 6.54 Å². The molecule has 0 amide bonds. The van der Waals surface area contributed by atoms with Gasteiger partial charge in [-0.25, -0.2) is 17.9 Å². The Labute approximate surface area is 139 Å². The van der Waals surface area contributed by atoms with Crippen LogP contribution in [0.3, 0.4) is 0 Å². The molecule has 9 heteroatoms. The molecule has 0 radical (unpaired) electrons. The van der Waals surface area contributed by atoms with Gasteiger partial charge in [-0.3, -0.25) is 13.9 Å². The molecule has 1 aromatic carbocycles. The SMILES string of the molecule is CC(C)C(CNS(=O)(=O)c1ccc2c(c1)n(C)c(=O)n2C)C(=O)O. The average Bonchev–Trinajstić information content (AvgIpc) is 2.71. The first-order valence-corrected chi connectivity index (χ1v) is 8.92. The first-order valence-electron chi connectivity index (χ1n) is 7.44. The molecule has 24 heavy (non-hydrogen) atoms. The van der Waals surface area contributed by atoms with Crippen molar-refractivity contribution in [1.82, 2.24) is 13.9 Å². The summed E-state index contributed by atoms with van der Waals surface area (Å²) in [4.78, 5) is 23.1. The van der Waals surface area contributed by atoms with Crippen molar-refractivity contribution in [3.8, 4) is 0 Å². The number of carboxylic acid groups (broad SMARTS) is 1. The first-order chi connectivity index (χ1) is 11.1. The van der Waals surface area contributed by atoms with Crippen LogP contribution < -0.4 is 10.4 Å². The number of carbonyl (C=O) groups is 1. The first kappa shape index (κ1) is 18.2. The fourth-order valence-electron chi connectivity index (χ4n) is 2.54. The highest BCUT2D eigenvalue weighted by Crippen LogP contribution is 2.18. The van der Waals surface area contributed by atoms with Crippen molar-refractivity contribution < 1.29 is 18.3 Å². The van der Waals surface area contributed by atoms with Gasteiger partial charge in [-0.15, -0.1) is 0 Å². The van der Waals surface area contributed by atoms with Crippen molar-refractivity contribution in [3.63, 3.8) is 0 Å². The highest BCUT2D eigenvalue weighted by atomic mass is 32.2. The van der Waals surface area contributed by atoms with Gasteiger partial charge in [0.25, 0.3) is 0 Å². The van der Waals surface area contributed by atoms with Crippen molar-refractivity contribution in [2.24, 2.45) is 25.9 Å². The van der Waals surface area contributed by atoms with Crippen molar-refractivity contribution in [1.29, 1.82) is 0 Å². The molecule has 2 rings (SSSR count). The lowest BCUT2D eigenvalue weighted by Crippen LogP contribution is -2.35. The minimum atomic E-state index is -3.87. The predicted molar refractivity (Wildman–Crippen MR) is 89.3 cm³/mol. The van der Waals surface area contributed by atoms with E-state index in [0.717, 1.165) is 0 Å². The highest BCUT2D eigenvalue weighted by Gasteiger charge is 2.25. The third-order valence-electron chi connectivity index (χ3n) is 4.17. The number of rotatable bonds is 6. The van der Waals surface area contributed by atoms with Crippen molar-refractivity contribution >= 4 is 27.0 Å². The molecule has 2 N–H and O–H groups in total. The normalized spacial score (nSPS) is 13.5. The standard InChI is InChI=1S/C15H21N3O5S/c1-9(2)11(14(19)20)8-16-24(22,23)10-5-6-12-13(7-10)18(4)15(21)17(12)3/h5-7,9,11,16H,8H2,1-4H3,(H,19,20). The maximum absolute atomic E-state index is 12.4. The van der Waals surface area contributed by atoms with Gasteiger partial charge >= 0.3 is 11.7 Å². The molecule has 0 spiro atoms. The molecule has 8 nitrogen and oxygen atoms in total. The monoisotopic (exact) mass is 355 g/mol. The van der Waals surface area contributed by atoms with Gasteiger partial charge in [-0.2, -0.15) is 0 Å². The van der Waals surface area contributed by atoms with E-state index in [1.54, 1.807) is 34.0 Å². The number of nitrogens with zero attached hydrogens (tertiary/aromatic N) is 2. The van der Waals surface area contributed by atoms with Crippen LogP contribution in [0.25, 0.3) is 11.0 Å². The zero-order chi connectivity index (χ0) is 18.2. The Balaban J connectivity index is 2.36. The van der Waals surface area contributed by atoms with Gasteiger partial charge in [0.15, 0.2) is 0 Å².